The Morgan fingerprint density at radius 1 is 1.38 bits per heavy atom. The first-order valence-electron chi connectivity index (χ1n) is 7.86. The minimum absolute atomic E-state index is 0.104. The average molecular weight is 295 g/mol. The van der Waals surface area contributed by atoms with E-state index < -0.39 is 0 Å². The lowest BCUT2D eigenvalue weighted by Crippen LogP contribution is -2.38. The molecule has 0 atom stereocenters. The van der Waals surface area contributed by atoms with Crippen molar-refractivity contribution < 1.29 is 4.74 Å². The van der Waals surface area contributed by atoms with Crippen LogP contribution < -0.4 is 5.32 Å². The van der Waals surface area contributed by atoms with E-state index in [1.165, 1.54) is 0 Å². The molecule has 6 heteroatoms. The highest BCUT2D eigenvalue weighted by atomic mass is 16.5. The number of aromatic nitrogens is 3. The second-order valence-electron chi connectivity index (χ2n) is 6.90. The maximum absolute atomic E-state index is 5.41. The Kier molecular flexibility index (Phi) is 5.72. The van der Waals surface area contributed by atoms with Crippen molar-refractivity contribution in [3.8, 4) is 0 Å². The fourth-order valence-corrected chi connectivity index (χ4v) is 2.45. The van der Waals surface area contributed by atoms with Crippen LogP contribution >= 0.6 is 0 Å². The first-order valence-corrected chi connectivity index (χ1v) is 7.86. The van der Waals surface area contributed by atoms with E-state index in [2.05, 4.69) is 48.3 Å². The zero-order valence-corrected chi connectivity index (χ0v) is 13.8. The lowest BCUT2D eigenvalue weighted by Gasteiger charge is -2.30. The average Bonchev–Trinajstić information content (AvgIpc) is 2.91. The first kappa shape index (κ1) is 16.4. The molecule has 0 bridgehead atoms. The SMILES string of the molecule is CN(CCn1cc(CNC(C)(C)C)nn1)C1CCOCC1. The minimum atomic E-state index is 0.104. The van der Waals surface area contributed by atoms with Gasteiger partial charge in [-0.15, -0.1) is 5.10 Å². The van der Waals surface area contributed by atoms with Gasteiger partial charge in [0.1, 0.15) is 0 Å². The molecular weight excluding hydrogens is 266 g/mol. The molecule has 21 heavy (non-hydrogen) atoms. The summed E-state index contributed by atoms with van der Waals surface area (Å²) >= 11 is 0. The van der Waals surface area contributed by atoms with E-state index in [9.17, 15) is 0 Å². The van der Waals surface area contributed by atoms with Crippen molar-refractivity contribution in [3.63, 3.8) is 0 Å². The molecule has 1 aromatic rings. The van der Waals surface area contributed by atoms with Crippen LogP contribution in [0, 0.1) is 0 Å². The molecule has 1 aromatic heterocycles. The summed E-state index contributed by atoms with van der Waals surface area (Å²) in [5.74, 6) is 0. The summed E-state index contributed by atoms with van der Waals surface area (Å²) in [5.41, 5.74) is 1.10. The Hall–Kier alpha value is -0.980. The molecule has 1 aliphatic rings. The fourth-order valence-electron chi connectivity index (χ4n) is 2.45. The van der Waals surface area contributed by atoms with Crippen LogP contribution in [0.15, 0.2) is 6.20 Å². The van der Waals surface area contributed by atoms with Crippen LogP contribution in [-0.4, -0.2) is 58.3 Å². The van der Waals surface area contributed by atoms with E-state index in [1.54, 1.807) is 0 Å². The Morgan fingerprint density at radius 2 is 2.10 bits per heavy atom. The number of rotatable bonds is 6. The zero-order chi connectivity index (χ0) is 15.3. The fraction of sp³-hybridized carbons (Fsp3) is 0.867. The predicted octanol–water partition coefficient (Wildman–Crippen LogP) is 1.28. The van der Waals surface area contributed by atoms with Gasteiger partial charge in [-0.1, -0.05) is 5.21 Å². The Balaban J connectivity index is 1.74. The maximum atomic E-state index is 5.41. The molecule has 0 saturated carbocycles. The summed E-state index contributed by atoms with van der Waals surface area (Å²) in [4.78, 5) is 2.41. The molecule has 1 N–H and O–H groups in total. The molecule has 0 aliphatic carbocycles. The summed E-state index contributed by atoms with van der Waals surface area (Å²) in [7, 11) is 2.19. The van der Waals surface area contributed by atoms with Crippen molar-refractivity contribution in [1.29, 1.82) is 0 Å². The number of nitrogens with one attached hydrogen (secondary N) is 1. The smallest absolute Gasteiger partial charge is 0.0965 e. The monoisotopic (exact) mass is 295 g/mol. The van der Waals surface area contributed by atoms with E-state index >= 15 is 0 Å². The van der Waals surface area contributed by atoms with Crippen molar-refractivity contribution >= 4 is 0 Å². The van der Waals surface area contributed by atoms with E-state index in [4.69, 9.17) is 4.74 Å². The zero-order valence-electron chi connectivity index (χ0n) is 13.8. The highest BCUT2D eigenvalue weighted by molar-refractivity contribution is 4.93. The largest absolute Gasteiger partial charge is 0.381 e. The summed E-state index contributed by atoms with van der Waals surface area (Å²) in [6, 6.07) is 0.643. The molecule has 1 fully saturated rings. The van der Waals surface area contributed by atoms with Gasteiger partial charge in [-0.25, -0.2) is 0 Å². The molecule has 2 heterocycles. The van der Waals surface area contributed by atoms with Gasteiger partial charge in [0.05, 0.1) is 12.2 Å². The maximum Gasteiger partial charge on any atom is 0.0965 e. The minimum Gasteiger partial charge on any atom is -0.381 e. The second kappa shape index (κ2) is 7.33. The lowest BCUT2D eigenvalue weighted by molar-refractivity contribution is 0.0418. The van der Waals surface area contributed by atoms with Gasteiger partial charge in [0.15, 0.2) is 0 Å². The van der Waals surface area contributed by atoms with Crippen molar-refractivity contribution in [2.75, 3.05) is 26.8 Å². The first-order chi connectivity index (χ1) is 9.94. The van der Waals surface area contributed by atoms with Crippen LogP contribution in [-0.2, 0) is 17.8 Å². The van der Waals surface area contributed by atoms with Crippen LogP contribution in [0.1, 0.15) is 39.3 Å². The quantitative estimate of drug-likeness (QED) is 0.857. The molecule has 1 aliphatic heterocycles. The van der Waals surface area contributed by atoms with E-state index in [1.807, 2.05) is 10.9 Å². The third-order valence-corrected chi connectivity index (χ3v) is 3.88. The van der Waals surface area contributed by atoms with Gasteiger partial charge in [-0.3, -0.25) is 4.68 Å². The highest BCUT2D eigenvalue weighted by Gasteiger charge is 2.18. The predicted molar refractivity (Wildman–Crippen MR) is 83.1 cm³/mol. The topological polar surface area (TPSA) is 55.2 Å². The molecule has 120 valence electrons. The summed E-state index contributed by atoms with van der Waals surface area (Å²) in [6.45, 7) is 10.9. The Bertz CT molecular complexity index is 420. The molecule has 0 aromatic carbocycles. The Labute approximate surface area is 127 Å². The summed E-state index contributed by atoms with van der Waals surface area (Å²) in [5, 5.41) is 11.9. The normalized spacial score (nSPS) is 17.6. The lowest BCUT2D eigenvalue weighted by atomic mass is 10.1. The Morgan fingerprint density at radius 3 is 2.76 bits per heavy atom. The molecule has 2 rings (SSSR count). The van der Waals surface area contributed by atoms with Gasteiger partial charge >= 0.3 is 0 Å². The number of hydrogen-bond acceptors (Lipinski definition) is 5. The molecule has 1 saturated heterocycles. The molecular formula is C15H29N5O. The standard InChI is InChI=1S/C15H29N5O/c1-15(2,3)16-11-13-12-20(18-17-13)8-7-19(4)14-5-9-21-10-6-14/h12,14,16H,5-11H2,1-4H3. The van der Waals surface area contributed by atoms with Gasteiger partial charge < -0.3 is 15.0 Å². The van der Waals surface area contributed by atoms with Crippen molar-refractivity contribution in [2.24, 2.45) is 0 Å². The van der Waals surface area contributed by atoms with Crippen LogP contribution in [0.5, 0.6) is 0 Å². The molecule has 6 nitrogen and oxygen atoms in total. The molecule has 0 spiro atoms. The molecule has 0 radical (unpaired) electrons. The van der Waals surface area contributed by atoms with Gasteiger partial charge in [0, 0.05) is 44.1 Å². The van der Waals surface area contributed by atoms with Crippen LogP contribution in [0.2, 0.25) is 0 Å². The van der Waals surface area contributed by atoms with Gasteiger partial charge in [0.2, 0.25) is 0 Å². The summed E-state index contributed by atoms with van der Waals surface area (Å²) < 4.78 is 7.35. The van der Waals surface area contributed by atoms with Gasteiger partial charge in [-0.05, 0) is 40.7 Å². The number of nitrogens with zero attached hydrogens (tertiary/aromatic N) is 4. The molecule has 0 unspecified atom stereocenters. The second-order valence-corrected chi connectivity index (χ2v) is 6.90. The van der Waals surface area contributed by atoms with E-state index in [-0.39, 0.29) is 5.54 Å². The van der Waals surface area contributed by atoms with Crippen molar-refractivity contribution in [3.05, 3.63) is 11.9 Å². The number of likely N-dealkylation sites (N-methyl/N-ethyl adjacent to an activating group) is 1. The van der Waals surface area contributed by atoms with E-state index in [0.717, 1.165) is 51.4 Å². The van der Waals surface area contributed by atoms with Crippen LogP contribution in [0.3, 0.4) is 0 Å². The summed E-state index contributed by atoms with van der Waals surface area (Å²) in [6.07, 6.45) is 4.31. The number of hydrogen-bond donors (Lipinski definition) is 1. The van der Waals surface area contributed by atoms with Crippen molar-refractivity contribution in [2.45, 2.75) is 58.3 Å². The third-order valence-electron chi connectivity index (χ3n) is 3.88. The van der Waals surface area contributed by atoms with Crippen LogP contribution in [0.4, 0.5) is 0 Å². The highest BCUT2D eigenvalue weighted by Crippen LogP contribution is 2.12. The van der Waals surface area contributed by atoms with Crippen LogP contribution in [0.25, 0.3) is 0 Å². The number of ether oxygens (including phenoxy) is 1. The van der Waals surface area contributed by atoms with Gasteiger partial charge in [-0.2, -0.15) is 0 Å². The molecule has 0 amide bonds. The third kappa shape index (κ3) is 5.73. The van der Waals surface area contributed by atoms with E-state index in [0.29, 0.717) is 6.04 Å². The van der Waals surface area contributed by atoms with Gasteiger partial charge in [0.25, 0.3) is 0 Å². The van der Waals surface area contributed by atoms with Crippen molar-refractivity contribution in [1.82, 2.24) is 25.2 Å².